The molecule has 0 spiro atoms. The number of hydrogen-bond donors (Lipinski definition) is 1. The van der Waals surface area contributed by atoms with Crippen molar-refractivity contribution in [3.05, 3.63) is 0 Å². The molecule has 0 radical (unpaired) electrons. The molecule has 0 aliphatic heterocycles. The minimum Gasteiger partial charge on any atom is -0.459 e. The number of ether oxygens (including phenoxy) is 1. The van der Waals surface area contributed by atoms with E-state index in [1.165, 1.54) is 44.9 Å². The molecule has 0 aromatic carbocycles. The summed E-state index contributed by atoms with van der Waals surface area (Å²) in [5.74, 6) is 6.45. The SMILES string of the molecule is CCC1CC(CC)C2C3CC(CC3C(O)CC(=O)OC3(CC)CC4CCC3C4)C12. The molecule has 5 aliphatic rings. The Balaban J connectivity index is 1.22. The lowest BCUT2D eigenvalue weighted by Crippen LogP contribution is -2.42. The van der Waals surface area contributed by atoms with Crippen molar-refractivity contribution in [2.45, 2.75) is 103 Å². The second-order valence-electron chi connectivity index (χ2n) is 11.5. The first-order valence-corrected chi connectivity index (χ1v) is 12.9. The molecule has 5 fully saturated rings. The summed E-state index contributed by atoms with van der Waals surface area (Å²) in [4.78, 5) is 12.9. The zero-order chi connectivity index (χ0) is 20.3. The van der Waals surface area contributed by atoms with Gasteiger partial charge in [0.15, 0.2) is 0 Å². The number of aliphatic hydroxyl groups excluding tert-OH is 1. The molecule has 4 bridgehead atoms. The first-order chi connectivity index (χ1) is 14.0. The summed E-state index contributed by atoms with van der Waals surface area (Å²) in [6, 6.07) is 0. The van der Waals surface area contributed by atoms with Crippen LogP contribution < -0.4 is 0 Å². The molecular formula is C26H42O3. The molecular weight excluding hydrogens is 360 g/mol. The van der Waals surface area contributed by atoms with E-state index in [0.717, 1.165) is 54.8 Å². The number of fused-ring (bicyclic) bond motifs is 7. The zero-order valence-electron chi connectivity index (χ0n) is 18.8. The van der Waals surface area contributed by atoms with Gasteiger partial charge in [-0.2, -0.15) is 0 Å². The summed E-state index contributed by atoms with van der Waals surface area (Å²) in [6.45, 7) is 6.90. The van der Waals surface area contributed by atoms with Gasteiger partial charge in [-0.1, -0.05) is 33.6 Å². The van der Waals surface area contributed by atoms with Gasteiger partial charge in [-0.15, -0.1) is 0 Å². The molecule has 29 heavy (non-hydrogen) atoms. The molecule has 3 heteroatoms. The molecule has 11 unspecified atom stereocenters. The fourth-order valence-corrected chi connectivity index (χ4v) is 9.50. The normalized spacial score (nSPS) is 50.8. The predicted molar refractivity (Wildman–Crippen MR) is 114 cm³/mol. The van der Waals surface area contributed by atoms with E-state index in [1.54, 1.807) is 0 Å². The fraction of sp³-hybridized carbons (Fsp3) is 0.962. The average Bonchev–Trinajstić information content (AvgIpc) is 3.50. The Labute approximate surface area is 177 Å². The van der Waals surface area contributed by atoms with Gasteiger partial charge in [0.2, 0.25) is 0 Å². The Bertz CT molecular complexity index is 631. The van der Waals surface area contributed by atoms with Gasteiger partial charge in [-0.05, 0) is 105 Å². The third-order valence-electron chi connectivity index (χ3n) is 10.6. The number of carbonyl (C=O) groups is 1. The second-order valence-corrected chi connectivity index (χ2v) is 11.5. The van der Waals surface area contributed by atoms with Crippen molar-refractivity contribution in [3.8, 4) is 0 Å². The van der Waals surface area contributed by atoms with Crippen LogP contribution in [0.25, 0.3) is 0 Å². The number of carbonyl (C=O) groups excluding carboxylic acids is 1. The lowest BCUT2D eigenvalue weighted by molar-refractivity contribution is -0.170. The molecule has 0 amide bonds. The Morgan fingerprint density at radius 3 is 2.41 bits per heavy atom. The molecule has 11 atom stereocenters. The van der Waals surface area contributed by atoms with Crippen LogP contribution in [0.5, 0.6) is 0 Å². The van der Waals surface area contributed by atoms with Gasteiger partial charge >= 0.3 is 5.97 Å². The van der Waals surface area contributed by atoms with E-state index in [1.807, 2.05) is 0 Å². The minimum absolute atomic E-state index is 0.129. The molecule has 1 N–H and O–H groups in total. The Kier molecular flexibility index (Phi) is 5.28. The Morgan fingerprint density at radius 2 is 1.79 bits per heavy atom. The van der Waals surface area contributed by atoms with E-state index in [2.05, 4.69) is 20.8 Å². The van der Waals surface area contributed by atoms with Crippen molar-refractivity contribution in [2.24, 2.45) is 53.3 Å². The van der Waals surface area contributed by atoms with Crippen LogP contribution in [0.3, 0.4) is 0 Å². The largest absolute Gasteiger partial charge is 0.459 e. The maximum Gasteiger partial charge on any atom is 0.308 e. The highest BCUT2D eigenvalue weighted by Gasteiger charge is 2.60. The molecule has 0 saturated heterocycles. The van der Waals surface area contributed by atoms with E-state index in [-0.39, 0.29) is 18.0 Å². The van der Waals surface area contributed by atoms with Crippen LogP contribution in [0.1, 0.15) is 91.4 Å². The van der Waals surface area contributed by atoms with Gasteiger partial charge in [-0.25, -0.2) is 0 Å². The van der Waals surface area contributed by atoms with E-state index >= 15 is 0 Å². The predicted octanol–water partition coefficient (Wildman–Crippen LogP) is 5.59. The summed E-state index contributed by atoms with van der Waals surface area (Å²) in [7, 11) is 0. The van der Waals surface area contributed by atoms with Crippen LogP contribution in [-0.2, 0) is 9.53 Å². The van der Waals surface area contributed by atoms with Crippen LogP contribution in [-0.4, -0.2) is 22.8 Å². The summed E-state index contributed by atoms with van der Waals surface area (Å²) in [5, 5.41) is 11.1. The van der Waals surface area contributed by atoms with Gasteiger partial charge in [0.25, 0.3) is 0 Å². The summed E-state index contributed by atoms with van der Waals surface area (Å²) < 4.78 is 6.16. The standard InChI is InChI=1S/C26H42O3/c1-4-16-10-17(5-2)25-21-12-18(24(16)25)11-20(21)22(27)13-23(28)29-26(6-3)14-15-7-8-19(26)9-15/h15-22,24-25,27H,4-14H2,1-3H3. The number of rotatable bonds is 7. The topological polar surface area (TPSA) is 46.5 Å². The van der Waals surface area contributed by atoms with E-state index in [9.17, 15) is 9.90 Å². The lowest BCUT2D eigenvalue weighted by atomic mass is 9.69. The number of aliphatic hydroxyl groups is 1. The first-order valence-electron chi connectivity index (χ1n) is 12.9. The third kappa shape index (κ3) is 3.12. The van der Waals surface area contributed by atoms with Crippen LogP contribution in [0, 0.1) is 53.3 Å². The van der Waals surface area contributed by atoms with Crippen LogP contribution in [0.15, 0.2) is 0 Å². The van der Waals surface area contributed by atoms with Crippen molar-refractivity contribution in [2.75, 3.05) is 0 Å². The molecule has 0 heterocycles. The van der Waals surface area contributed by atoms with Crippen LogP contribution in [0.4, 0.5) is 0 Å². The fourth-order valence-electron chi connectivity index (χ4n) is 9.50. The number of hydrogen-bond acceptors (Lipinski definition) is 3. The molecule has 5 saturated carbocycles. The average molecular weight is 403 g/mol. The summed E-state index contributed by atoms with van der Waals surface area (Å²) in [6.07, 6.45) is 12.0. The highest BCUT2D eigenvalue weighted by Crippen LogP contribution is 2.66. The van der Waals surface area contributed by atoms with Crippen LogP contribution >= 0.6 is 0 Å². The number of esters is 1. The van der Waals surface area contributed by atoms with Crippen molar-refractivity contribution >= 4 is 5.97 Å². The van der Waals surface area contributed by atoms with E-state index < -0.39 is 6.10 Å². The lowest BCUT2D eigenvalue weighted by Gasteiger charge is -2.39. The summed E-state index contributed by atoms with van der Waals surface area (Å²) in [5.41, 5.74) is -0.216. The Morgan fingerprint density at radius 1 is 1.03 bits per heavy atom. The van der Waals surface area contributed by atoms with Gasteiger partial charge in [0.05, 0.1) is 12.5 Å². The summed E-state index contributed by atoms with van der Waals surface area (Å²) >= 11 is 0. The minimum atomic E-state index is -0.496. The van der Waals surface area contributed by atoms with Gasteiger partial charge in [0.1, 0.15) is 5.60 Å². The molecule has 0 aromatic heterocycles. The molecule has 3 nitrogen and oxygen atoms in total. The van der Waals surface area contributed by atoms with Crippen molar-refractivity contribution in [1.82, 2.24) is 0 Å². The van der Waals surface area contributed by atoms with E-state index in [0.29, 0.717) is 17.8 Å². The molecule has 5 aliphatic carbocycles. The smallest absolute Gasteiger partial charge is 0.308 e. The van der Waals surface area contributed by atoms with E-state index in [4.69, 9.17) is 4.74 Å². The Hall–Kier alpha value is -0.570. The van der Waals surface area contributed by atoms with Gasteiger partial charge in [-0.3, -0.25) is 4.79 Å². The second kappa shape index (κ2) is 7.53. The van der Waals surface area contributed by atoms with Crippen molar-refractivity contribution in [3.63, 3.8) is 0 Å². The molecule has 5 rings (SSSR count). The van der Waals surface area contributed by atoms with Crippen LogP contribution in [0.2, 0.25) is 0 Å². The zero-order valence-corrected chi connectivity index (χ0v) is 18.8. The van der Waals surface area contributed by atoms with Gasteiger partial charge in [0, 0.05) is 0 Å². The van der Waals surface area contributed by atoms with Gasteiger partial charge < -0.3 is 9.84 Å². The maximum atomic E-state index is 12.9. The third-order valence-corrected chi connectivity index (χ3v) is 10.6. The molecule has 0 aromatic rings. The molecule has 164 valence electrons. The monoisotopic (exact) mass is 402 g/mol. The maximum absolute atomic E-state index is 12.9. The highest BCUT2D eigenvalue weighted by molar-refractivity contribution is 5.70. The first kappa shape index (κ1) is 20.3. The van der Waals surface area contributed by atoms with Crippen molar-refractivity contribution in [1.29, 1.82) is 0 Å². The quantitative estimate of drug-likeness (QED) is 0.564. The van der Waals surface area contributed by atoms with Crippen molar-refractivity contribution < 1.29 is 14.6 Å². The highest BCUT2D eigenvalue weighted by atomic mass is 16.6.